The van der Waals surface area contributed by atoms with E-state index >= 15 is 0 Å². The van der Waals surface area contributed by atoms with Gasteiger partial charge in [-0.25, -0.2) is 0 Å². The standard InChI is InChI=1S/C16H27NO/c1-13(2)12-16(8-4-5-9-16)15(17-3)11-14-7-6-10-18-14/h6-7,10,13,15,17H,4-5,8-9,11-12H2,1-3H3. The Kier molecular flexibility index (Phi) is 4.50. The summed E-state index contributed by atoms with van der Waals surface area (Å²) in [5.74, 6) is 1.89. The van der Waals surface area contributed by atoms with E-state index in [1.165, 1.54) is 32.1 Å². The summed E-state index contributed by atoms with van der Waals surface area (Å²) in [4.78, 5) is 0. The van der Waals surface area contributed by atoms with E-state index in [1.807, 2.05) is 6.07 Å². The summed E-state index contributed by atoms with van der Waals surface area (Å²) >= 11 is 0. The molecule has 2 rings (SSSR count). The summed E-state index contributed by atoms with van der Waals surface area (Å²) in [5.41, 5.74) is 0.482. The van der Waals surface area contributed by atoms with Crippen molar-refractivity contribution >= 4 is 0 Å². The van der Waals surface area contributed by atoms with Gasteiger partial charge in [-0.05, 0) is 49.8 Å². The topological polar surface area (TPSA) is 25.2 Å². The van der Waals surface area contributed by atoms with Crippen LogP contribution in [0.25, 0.3) is 0 Å². The second-order valence-corrected chi connectivity index (χ2v) is 6.29. The monoisotopic (exact) mass is 249 g/mol. The molecule has 1 aliphatic carbocycles. The molecule has 1 atom stereocenters. The van der Waals surface area contributed by atoms with Crippen molar-refractivity contribution in [2.45, 2.75) is 58.4 Å². The fourth-order valence-electron chi connectivity index (χ4n) is 3.84. The Hall–Kier alpha value is -0.760. The number of hydrogen-bond acceptors (Lipinski definition) is 2. The third-order valence-corrected chi connectivity index (χ3v) is 4.49. The molecular formula is C16H27NO. The van der Waals surface area contributed by atoms with Crippen molar-refractivity contribution in [1.29, 1.82) is 0 Å². The van der Waals surface area contributed by atoms with Crippen molar-refractivity contribution in [1.82, 2.24) is 5.32 Å². The van der Waals surface area contributed by atoms with Crippen LogP contribution in [0.4, 0.5) is 0 Å². The molecule has 0 saturated heterocycles. The number of likely N-dealkylation sites (N-methyl/N-ethyl adjacent to an activating group) is 1. The van der Waals surface area contributed by atoms with Crippen LogP contribution < -0.4 is 5.32 Å². The minimum atomic E-state index is 0.482. The smallest absolute Gasteiger partial charge is 0.105 e. The van der Waals surface area contributed by atoms with Crippen LogP contribution in [0.3, 0.4) is 0 Å². The lowest BCUT2D eigenvalue weighted by atomic mass is 9.71. The van der Waals surface area contributed by atoms with Crippen LogP contribution in [0.15, 0.2) is 22.8 Å². The molecule has 0 radical (unpaired) electrons. The fraction of sp³-hybridized carbons (Fsp3) is 0.750. The lowest BCUT2D eigenvalue weighted by molar-refractivity contribution is 0.155. The van der Waals surface area contributed by atoms with Crippen LogP contribution in [-0.4, -0.2) is 13.1 Å². The van der Waals surface area contributed by atoms with Crippen LogP contribution >= 0.6 is 0 Å². The molecule has 2 nitrogen and oxygen atoms in total. The van der Waals surface area contributed by atoms with Crippen molar-refractivity contribution in [2.75, 3.05) is 7.05 Å². The molecule has 1 aromatic rings. The summed E-state index contributed by atoms with van der Waals surface area (Å²) in [6.45, 7) is 4.69. The SMILES string of the molecule is CNC(Cc1ccco1)C1(CC(C)C)CCCC1. The maximum atomic E-state index is 5.54. The normalized spacial score (nSPS) is 20.4. The zero-order valence-corrected chi connectivity index (χ0v) is 12.0. The summed E-state index contributed by atoms with van der Waals surface area (Å²) in [6, 6.07) is 4.64. The van der Waals surface area contributed by atoms with Crippen molar-refractivity contribution in [3.63, 3.8) is 0 Å². The molecule has 1 saturated carbocycles. The van der Waals surface area contributed by atoms with E-state index in [1.54, 1.807) is 6.26 Å². The zero-order chi connectivity index (χ0) is 13.0. The molecule has 0 aliphatic heterocycles. The molecule has 0 spiro atoms. The van der Waals surface area contributed by atoms with Crippen molar-refractivity contribution < 1.29 is 4.42 Å². The van der Waals surface area contributed by atoms with E-state index in [0.717, 1.165) is 18.1 Å². The average molecular weight is 249 g/mol. The molecule has 18 heavy (non-hydrogen) atoms. The second-order valence-electron chi connectivity index (χ2n) is 6.29. The van der Waals surface area contributed by atoms with E-state index in [4.69, 9.17) is 4.42 Å². The maximum absolute atomic E-state index is 5.54. The van der Waals surface area contributed by atoms with Crippen LogP contribution in [0.1, 0.15) is 51.7 Å². The molecule has 1 unspecified atom stereocenters. The van der Waals surface area contributed by atoms with Gasteiger partial charge in [-0.2, -0.15) is 0 Å². The quantitative estimate of drug-likeness (QED) is 0.824. The van der Waals surface area contributed by atoms with Gasteiger partial charge in [0.15, 0.2) is 0 Å². The minimum Gasteiger partial charge on any atom is -0.469 e. The van der Waals surface area contributed by atoms with Crippen molar-refractivity contribution in [2.24, 2.45) is 11.3 Å². The van der Waals surface area contributed by atoms with E-state index in [2.05, 4.69) is 32.3 Å². The lowest BCUT2D eigenvalue weighted by Gasteiger charge is -2.39. The number of nitrogens with one attached hydrogen (secondary N) is 1. The van der Waals surface area contributed by atoms with Crippen molar-refractivity contribution in [3.05, 3.63) is 24.2 Å². The van der Waals surface area contributed by atoms with Crippen LogP contribution in [0.2, 0.25) is 0 Å². The Morgan fingerprint density at radius 3 is 2.56 bits per heavy atom. The second kappa shape index (κ2) is 5.92. The first-order chi connectivity index (χ1) is 8.66. The molecule has 1 aromatic heterocycles. The van der Waals surface area contributed by atoms with Gasteiger partial charge in [-0.1, -0.05) is 26.7 Å². The predicted octanol–water partition coefficient (Wildman–Crippen LogP) is 4.02. The van der Waals surface area contributed by atoms with Gasteiger partial charge in [-0.3, -0.25) is 0 Å². The number of hydrogen-bond donors (Lipinski definition) is 1. The highest BCUT2D eigenvalue weighted by Gasteiger charge is 2.41. The van der Waals surface area contributed by atoms with Gasteiger partial charge in [0, 0.05) is 12.5 Å². The van der Waals surface area contributed by atoms with Crippen LogP contribution in [-0.2, 0) is 6.42 Å². The molecule has 0 bridgehead atoms. The number of rotatable bonds is 6. The highest BCUT2D eigenvalue weighted by atomic mass is 16.3. The van der Waals surface area contributed by atoms with Crippen molar-refractivity contribution in [3.8, 4) is 0 Å². The summed E-state index contributed by atoms with van der Waals surface area (Å²) in [5, 5.41) is 3.57. The molecule has 0 aromatic carbocycles. The predicted molar refractivity (Wildman–Crippen MR) is 75.6 cm³/mol. The molecule has 1 aliphatic rings. The molecule has 2 heteroatoms. The molecule has 1 heterocycles. The summed E-state index contributed by atoms with van der Waals surface area (Å²) < 4.78 is 5.54. The lowest BCUT2D eigenvalue weighted by Crippen LogP contribution is -2.44. The maximum Gasteiger partial charge on any atom is 0.105 e. The van der Waals surface area contributed by atoms with E-state index in [0.29, 0.717) is 11.5 Å². The molecule has 102 valence electrons. The highest BCUT2D eigenvalue weighted by Crippen LogP contribution is 2.46. The molecule has 1 N–H and O–H groups in total. The first-order valence-electron chi connectivity index (χ1n) is 7.36. The summed E-state index contributed by atoms with van der Waals surface area (Å²) in [6.07, 6.45) is 9.67. The van der Waals surface area contributed by atoms with Gasteiger partial charge < -0.3 is 9.73 Å². The Morgan fingerprint density at radius 2 is 2.06 bits per heavy atom. The Bertz CT molecular complexity index is 336. The van der Waals surface area contributed by atoms with Gasteiger partial charge in [-0.15, -0.1) is 0 Å². The van der Waals surface area contributed by atoms with E-state index in [-0.39, 0.29) is 0 Å². The Balaban J connectivity index is 2.11. The third kappa shape index (κ3) is 2.97. The highest BCUT2D eigenvalue weighted by molar-refractivity contribution is 5.05. The first-order valence-corrected chi connectivity index (χ1v) is 7.36. The molecule has 1 fully saturated rings. The molecular weight excluding hydrogens is 222 g/mol. The first kappa shape index (κ1) is 13.7. The largest absolute Gasteiger partial charge is 0.469 e. The fourth-order valence-corrected chi connectivity index (χ4v) is 3.84. The van der Waals surface area contributed by atoms with E-state index < -0.39 is 0 Å². The zero-order valence-electron chi connectivity index (χ0n) is 12.0. The van der Waals surface area contributed by atoms with Gasteiger partial charge >= 0.3 is 0 Å². The van der Waals surface area contributed by atoms with Gasteiger partial charge in [0.2, 0.25) is 0 Å². The van der Waals surface area contributed by atoms with Crippen LogP contribution in [0.5, 0.6) is 0 Å². The third-order valence-electron chi connectivity index (χ3n) is 4.49. The average Bonchev–Trinajstić information content (AvgIpc) is 2.96. The molecule has 0 amide bonds. The van der Waals surface area contributed by atoms with Gasteiger partial charge in [0.25, 0.3) is 0 Å². The van der Waals surface area contributed by atoms with E-state index in [9.17, 15) is 0 Å². The Labute approximate surface area is 111 Å². The Morgan fingerprint density at radius 1 is 1.33 bits per heavy atom. The van der Waals surface area contributed by atoms with Gasteiger partial charge in [0.1, 0.15) is 5.76 Å². The van der Waals surface area contributed by atoms with Crippen LogP contribution in [0, 0.1) is 11.3 Å². The minimum absolute atomic E-state index is 0.482. The number of furan rings is 1. The summed E-state index contributed by atoms with van der Waals surface area (Å²) in [7, 11) is 2.11. The van der Waals surface area contributed by atoms with Gasteiger partial charge in [0.05, 0.1) is 6.26 Å².